The number of nitrogens with zero attached hydrogens (tertiary/aromatic N) is 1. The molecule has 0 aliphatic carbocycles. The quantitative estimate of drug-likeness (QED) is 0.231. The monoisotopic (exact) mass is 538 g/mol. The van der Waals surface area contributed by atoms with E-state index in [-0.39, 0.29) is 24.0 Å². The van der Waals surface area contributed by atoms with Crippen LogP contribution in [-0.2, 0) is 21.4 Å². The van der Waals surface area contributed by atoms with Crippen LogP contribution < -0.4 is 20.1 Å². The molecule has 0 spiro atoms. The maximum Gasteiger partial charge on any atom is 0.257 e. The lowest BCUT2D eigenvalue weighted by Crippen LogP contribution is -2.30. The van der Waals surface area contributed by atoms with Gasteiger partial charge >= 0.3 is 0 Å². The third kappa shape index (κ3) is 7.66. The van der Waals surface area contributed by atoms with Crippen LogP contribution in [0.2, 0.25) is 5.02 Å². The summed E-state index contributed by atoms with van der Waals surface area (Å²) < 4.78 is 33.0. The van der Waals surface area contributed by atoms with Crippen molar-refractivity contribution in [3.8, 4) is 5.75 Å². The van der Waals surface area contributed by atoms with Crippen molar-refractivity contribution in [3.05, 3.63) is 95.6 Å². The third-order valence-electron chi connectivity index (χ3n) is 5.51. The molecule has 0 unspecified atom stereocenters. The molecule has 37 heavy (non-hydrogen) atoms. The highest BCUT2D eigenvalue weighted by Gasteiger charge is 2.14. The van der Waals surface area contributed by atoms with Crippen LogP contribution in [0.4, 0.5) is 5.69 Å². The average molecular weight is 539 g/mol. The van der Waals surface area contributed by atoms with Gasteiger partial charge in [0.15, 0.2) is 6.61 Å². The third-order valence-corrected chi connectivity index (χ3v) is 7.16. The Bertz CT molecular complexity index is 1450. The zero-order valence-electron chi connectivity index (χ0n) is 20.0. The molecule has 3 N–H and O–H groups in total. The van der Waals surface area contributed by atoms with Crippen molar-refractivity contribution in [1.82, 2.24) is 15.0 Å². The first-order chi connectivity index (χ1) is 17.9. The zero-order chi connectivity index (χ0) is 26.1. The lowest BCUT2D eigenvalue weighted by molar-refractivity contribution is -0.123. The van der Waals surface area contributed by atoms with E-state index in [1.165, 1.54) is 24.3 Å². The minimum atomic E-state index is -3.66. The smallest absolute Gasteiger partial charge is 0.257 e. The van der Waals surface area contributed by atoms with Gasteiger partial charge in [0, 0.05) is 41.9 Å². The fourth-order valence-corrected chi connectivity index (χ4v) is 4.77. The van der Waals surface area contributed by atoms with E-state index in [4.69, 9.17) is 16.3 Å². The Balaban J connectivity index is 1.16. The standard InChI is InChI=1S/C27H27ClN4O4S/c28-21-7-12-24-25(13-16-30-26(24)17-21)29-14-4-15-31-27(33)19-36-22-8-10-23(11-9-22)37(34,35)32-18-20-5-2-1-3-6-20/h1-3,5-13,16-17,32H,4,14-15,18-19H2,(H,29,30)(H,31,33). The van der Waals surface area contributed by atoms with Crippen LogP contribution in [0.3, 0.4) is 0 Å². The molecule has 1 heterocycles. The Labute approximate surface area is 221 Å². The topological polar surface area (TPSA) is 109 Å². The number of pyridine rings is 1. The van der Waals surface area contributed by atoms with Gasteiger partial charge in [-0.3, -0.25) is 9.78 Å². The molecular weight excluding hydrogens is 512 g/mol. The first kappa shape index (κ1) is 26.4. The maximum atomic E-state index is 12.5. The number of benzene rings is 3. The van der Waals surface area contributed by atoms with Gasteiger partial charge in [-0.2, -0.15) is 0 Å². The molecule has 0 saturated carbocycles. The van der Waals surface area contributed by atoms with Gasteiger partial charge in [0.05, 0.1) is 10.4 Å². The molecule has 0 saturated heterocycles. The van der Waals surface area contributed by atoms with E-state index in [9.17, 15) is 13.2 Å². The second-order valence-corrected chi connectivity index (χ2v) is 10.4. The molecule has 4 rings (SSSR count). The van der Waals surface area contributed by atoms with Gasteiger partial charge in [-0.05, 0) is 60.5 Å². The van der Waals surface area contributed by atoms with E-state index < -0.39 is 10.0 Å². The number of rotatable bonds is 12. The molecule has 1 aromatic heterocycles. The van der Waals surface area contributed by atoms with Gasteiger partial charge in [-0.1, -0.05) is 41.9 Å². The van der Waals surface area contributed by atoms with Crippen LogP contribution in [0, 0.1) is 0 Å². The number of halogens is 1. The van der Waals surface area contributed by atoms with E-state index in [0.717, 1.165) is 22.2 Å². The second kappa shape index (κ2) is 12.5. The molecule has 10 heteroatoms. The van der Waals surface area contributed by atoms with E-state index in [2.05, 4.69) is 20.3 Å². The molecular formula is C27H27ClN4O4S. The van der Waals surface area contributed by atoms with Crippen molar-refractivity contribution >= 4 is 44.1 Å². The van der Waals surface area contributed by atoms with Crippen LogP contribution in [-0.4, -0.2) is 39.0 Å². The number of sulfonamides is 1. The summed E-state index contributed by atoms with van der Waals surface area (Å²) in [6, 6.07) is 22.7. The molecule has 4 aromatic rings. The second-order valence-electron chi connectivity index (χ2n) is 8.22. The number of anilines is 1. The largest absolute Gasteiger partial charge is 0.484 e. The zero-order valence-corrected chi connectivity index (χ0v) is 21.6. The number of ether oxygens (including phenoxy) is 1. The maximum absolute atomic E-state index is 12.5. The number of carbonyl (C=O) groups excluding carboxylic acids is 1. The van der Waals surface area contributed by atoms with Crippen molar-refractivity contribution in [2.24, 2.45) is 0 Å². The van der Waals surface area contributed by atoms with Crippen molar-refractivity contribution < 1.29 is 17.9 Å². The van der Waals surface area contributed by atoms with Gasteiger partial charge in [-0.15, -0.1) is 0 Å². The van der Waals surface area contributed by atoms with Crippen LogP contribution >= 0.6 is 11.6 Å². The van der Waals surface area contributed by atoms with Crippen LogP contribution in [0.5, 0.6) is 5.75 Å². The fourth-order valence-electron chi connectivity index (χ4n) is 3.59. The van der Waals surface area contributed by atoms with Gasteiger partial charge in [-0.25, -0.2) is 13.1 Å². The summed E-state index contributed by atoms with van der Waals surface area (Å²) in [5.41, 5.74) is 2.64. The predicted octanol–water partition coefficient (Wildman–Crippen LogP) is 4.36. The SMILES string of the molecule is O=C(COc1ccc(S(=O)(=O)NCc2ccccc2)cc1)NCCCNc1ccnc2cc(Cl)ccc12. The number of amides is 1. The molecule has 8 nitrogen and oxygen atoms in total. The summed E-state index contributed by atoms with van der Waals surface area (Å²) in [5, 5.41) is 7.79. The Morgan fingerprint density at radius 1 is 0.946 bits per heavy atom. The summed E-state index contributed by atoms with van der Waals surface area (Å²) in [5.74, 6) is 0.147. The molecule has 0 aliphatic rings. The lowest BCUT2D eigenvalue weighted by atomic mass is 10.2. The highest BCUT2D eigenvalue weighted by Crippen LogP contribution is 2.24. The minimum Gasteiger partial charge on any atom is -0.484 e. The predicted molar refractivity (Wildman–Crippen MR) is 145 cm³/mol. The van der Waals surface area contributed by atoms with Gasteiger partial charge < -0.3 is 15.4 Å². The van der Waals surface area contributed by atoms with Crippen LogP contribution in [0.15, 0.2) is 90.0 Å². The molecule has 0 aliphatic heterocycles. The minimum absolute atomic E-state index is 0.123. The van der Waals surface area contributed by atoms with E-state index in [1.807, 2.05) is 54.6 Å². The van der Waals surface area contributed by atoms with Crippen molar-refractivity contribution in [2.45, 2.75) is 17.9 Å². The van der Waals surface area contributed by atoms with Gasteiger partial charge in [0.25, 0.3) is 5.91 Å². The highest BCUT2D eigenvalue weighted by atomic mass is 35.5. The number of carbonyl (C=O) groups is 1. The number of nitrogens with one attached hydrogen (secondary N) is 3. The molecule has 3 aromatic carbocycles. The van der Waals surface area contributed by atoms with Crippen molar-refractivity contribution in [1.29, 1.82) is 0 Å². The Morgan fingerprint density at radius 2 is 1.73 bits per heavy atom. The van der Waals surface area contributed by atoms with Crippen LogP contribution in [0.1, 0.15) is 12.0 Å². The first-order valence-corrected chi connectivity index (χ1v) is 13.6. The Hall–Kier alpha value is -3.66. The molecule has 0 bridgehead atoms. The average Bonchev–Trinajstić information content (AvgIpc) is 2.91. The summed E-state index contributed by atoms with van der Waals surface area (Å²) in [6.45, 7) is 1.18. The summed E-state index contributed by atoms with van der Waals surface area (Å²) in [7, 11) is -3.66. The lowest BCUT2D eigenvalue weighted by Gasteiger charge is -2.11. The molecule has 0 fully saturated rings. The Morgan fingerprint density at radius 3 is 2.51 bits per heavy atom. The number of fused-ring (bicyclic) bond motifs is 1. The summed E-state index contributed by atoms with van der Waals surface area (Å²) in [4.78, 5) is 16.6. The van der Waals surface area contributed by atoms with Crippen LogP contribution in [0.25, 0.3) is 10.9 Å². The first-order valence-electron chi connectivity index (χ1n) is 11.7. The molecule has 1 amide bonds. The normalized spacial score (nSPS) is 11.3. The fraction of sp³-hybridized carbons (Fsp3) is 0.185. The highest BCUT2D eigenvalue weighted by molar-refractivity contribution is 7.89. The van der Waals surface area contributed by atoms with E-state index >= 15 is 0 Å². The van der Waals surface area contributed by atoms with E-state index in [1.54, 1.807) is 6.20 Å². The number of hydrogen-bond donors (Lipinski definition) is 3. The summed E-state index contributed by atoms with van der Waals surface area (Å²) in [6.07, 6.45) is 2.44. The number of hydrogen-bond acceptors (Lipinski definition) is 6. The van der Waals surface area contributed by atoms with Gasteiger partial charge in [0.1, 0.15) is 5.75 Å². The van der Waals surface area contributed by atoms with Crippen molar-refractivity contribution in [3.63, 3.8) is 0 Å². The molecule has 0 radical (unpaired) electrons. The van der Waals surface area contributed by atoms with Gasteiger partial charge in [0.2, 0.25) is 10.0 Å². The molecule has 192 valence electrons. The Kier molecular flexibility index (Phi) is 8.95. The summed E-state index contributed by atoms with van der Waals surface area (Å²) >= 11 is 6.03. The van der Waals surface area contributed by atoms with E-state index in [0.29, 0.717) is 30.3 Å². The molecule has 0 atom stereocenters. The van der Waals surface area contributed by atoms with Crippen molar-refractivity contribution in [2.75, 3.05) is 25.0 Å². The number of aromatic nitrogens is 1.